The van der Waals surface area contributed by atoms with Crippen molar-refractivity contribution in [3.05, 3.63) is 63.9 Å². The molecule has 1 atom stereocenters. The fourth-order valence-corrected chi connectivity index (χ4v) is 4.83. The summed E-state index contributed by atoms with van der Waals surface area (Å²) in [5.74, 6) is -0.235. The third-order valence-electron chi connectivity index (χ3n) is 5.65. The second-order valence-corrected chi connectivity index (χ2v) is 9.27. The Labute approximate surface area is 194 Å². The highest BCUT2D eigenvalue weighted by Crippen LogP contribution is 2.28. The first-order valence-electron chi connectivity index (χ1n) is 11.6. The number of hydrogen-bond acceptors (Lipinski definition) is 5. The topological polar surface area (TPSA) is 66.8 Å². The van der Waals surface area contributed by atoms with Gasteiger partial charge in [0.2, 0.25) is 5.91 Å². The van der Waals surface area contributed by atoms with E-state index in [0.717, 1.165) is 23.4 Å². The van der Waals surface area contributed by atoms with E-state index in [9.17, 15) is 9.59 Å². The van der Waals surface area contributed by atoms with Gasteiger partial charge in [0.25, 0.3) is 0 Å². The largest absolute Gasteiger partial charge is 0.459 e. The maximum absolute atomic E-state index is 12.5. The zero-order valence-electron chi connectivity index (χ0n) is 18.8. The molecule has 6 heteroatoms. The van der Waals surface area contributed by atoms with Crippen molar-refractivity contribution >= 4 is 28.9 Å². The van der Waals surface area contributed by atoms with Gasteiger partial charge in [-0.15, -0.1) is 11.3 Å². The molecule has 0 spiro atoms. The van der Waals surface area contributed by atoms with E-state index in [0.29, 0.717) is 17.7 Å². The van der Waals surface area contributed by atoms with Crippen LogP contribution in [0, 0.1) is 0 Å². The van der Waals surface area contributed by atoms with Gasteiger partial charge in [-0.05, 0) is 55.5 Å². The van der Waals surface area contributed by atoms with Crippen LogP contribution in [-0.2, 0) is 22.4 Å². The van der Waals surface area contributed by atoms with Crippen molar-refractivity contribution in [3.63, 3.8) is 0 Å². The second kappa shape index (κ2) is 12.6. The van der Waals surface area contributed by atoms with Crippen LogP contribution in [0.2, 0.25) is 0 Å². The molecule has 3 rings (SSSR count). The quantitative estimate of drug-likeness (QED) is 0.267. The average molecular weight is 456 g/mol. The molecular formula is C26H33NO4S. The first-order valence-corrected chi connectivity index (χ1v) is 12.4. The number of rotatable bonds is 12. The van der Waals surface area contributed by atoms with Crippen molar-refractivity contribution in [2.75, 3.05) is 18.1 Å². The number of aliphatic hydroxyl groups is 1. The van der Waals surface area contributed by atoms with Crippen molar-refractivity contribution in [2.45, 2.75) is 64.3 Å². The molecule has 5 nitrogen and oxygen atoms in total. The molecule has 1 aliphatic rings. The molecule has 0 saturated carbocycles. The van der Waals surface area contributed by atoms with Crippen LogP contribution in [0.1, 0.15) is 65.6 Å². The number of allylic oxidation sites excluding steroid dienone is 1. The Bertz CT molecular complexity index is 903. The number of thiophene rings is 1. The molecule has 1 fully saturated rings. The molecule has 1 aliphatic heterocycles. The van der Waals surface area contributed by atoms with E-state index in [1.54, 1.807) is 6.07 Å². The van der Waals surface area contributed by atoms with Crippen LogP contribution in [0.4, 0.5) is 5.69 Å². The zero-order chi connectivity index (χ0) is 22.8. The number of carbonyl (C=O) groups is 2. The van der Waals surface area contributed by atoms with Gasteiger partial charge in [0, 0.05) is 17.0 Å². The number of benzene rings is 1. The lowest BCUT2D eigenvalue weighted by atomic mass is 10.1. The summed E-state index contributed by atoms with van der Waals surface area (Å²) in [6, 6.07) is 12.2. The number of nitrogens with zero attached hydrogens (tertiary/aromatic N) is 1. The van der Waals surface area contributed by atoms with Crippen molar-refractivity contribution in [3.8, 4) is 0 Å². The van der Waals surface area contributed by atoms with Crippen molar-refractivity contribution in [1.82, 2.24) is 0 Å². The minimum atomic E-state index is -0.402. The Kier molecular flexibility index (Phi) is 9.50. The predicted octanol–water partition coefficient (Wildman–Crippen LogP) is 5.31. The van der Waals surface area contributed by atoms with Crippen molar-refractivity contribution in [1.29, 1.82) is 0 Å². The van der Waals surface area contributed by atoms with E-state index in [-0.39, 0.29) is 25.2 Å². The van der Waals surface area contributed by atoms with Crippen LogP contribution < -0.4 is 4.90 Å². The molecule has 1 N–H and O–H groups in total. The van der Waals surface area contributed by atoms with Gasteiger partial charge in [-0.2, -0.15) is 0 Å². The number of unbranched alkanes of at least 4 members (excludes halogenated alkanes) is 3. The van der Waals surface area contributed by atoms with E-state index in [4.69, 9.17) is 9.84 Å². The second-order valence-electron chi connectivity index (χ2n) is 8.10. The summed E-state index contributed by atoms with van der Waals surface area (Å²) in [6.45, 7) is 2.06. The molecule has 1 amide bonds. The highest BCUT2D eigenvalue weighted by molar-refractivity contribution is 7.13. The zero-order valence-corrected chi connectivity index (χ0v) is 19.6. The molecule has 0 radical (unpaired) electrons. The fourth-order valence-electron chi connectivity index (χ4n) is 3.95. The van der Waals surface area contributed by atoms with Gasteiger partial charge >= 0.3 is 5.97 Å². The van der Waals surface area contributed by atoms with Crippen LogP contribution in [0.15, 0.2) is 48.6 Å². The summed E-state index contributed by atoms with van der Waals surface area (Å²) >= 11 is 1.39. The maximum Gasteiger partial charge on any atom is 0.348 e. The highest BCUT2D eigenvalue weighted by atomic mass is 32.1. The van der Waals surface area contributed by atoms with Gasteiger partial charge in [-0.1, -0.05) is 50.5 Å². The molecular weight excluding hydrogens is 422 g/mol. The third kappa shape index (κ3) is 6.78. The molecule has 32 heavy (non-hydrogen) atoms. The Morgan fingerprint density at radius 3 is 2.75 bits per heavy atom. The Morgan fingerprint density at radius 2 is 2.00 bits per heavy atom. The summed E-state index contributed by atoms with van der Waals surface area (Å²) in [6.07, 6.45) is 12.4. The Morgan fingerprint density at radius 1 is 1.19 bits per heavy atom. The third-order valence-corrected chi connectivity index (χ3v) is 6.74. The van der Waals surface area contributed by atoms with Crippen LogP contribution in [-0.4, -0.2) is 36.2 Å². The minimum absolute atomic E-state index is 0.0113. The lowest BCUT2D eigenvalue weighted by Crippen LogP contribution is -2.31. The molecule has 0 bridgehead atoms. The van der Waals surface area contributed by atoms with Gasteiger partial charge in [0.1, 0.15) is 11.5 Å². The van der Waals surface area contributed by atoms with Crippen molar-refractivity contribution < 1.29 is 19.4 Å². The molecule has 1 aromatic heterocycles. The van der Waals surface area contributed by atoms with E-state index >= 15 is 0 Å². The maximum atomic E-state index is 12.5. The highest BCUT2D eigenvalue weighted by Gasteiger charge is 2.30. The molecule has 2 aromatic rings. The number of ether oxygens (including phenoxy) is 1. The summed E-state index contributed by atoms with van der Waals surface area (Å²) in [4.78, 5) is 27.9. The van der Waals surface area contributed by atoms with E-state index < -0.39 is 5.97 Å². The van der Waals surface area contributed by atoms with E-state index in [1.165, 1.54) is 42.6 Å². The molecule has 1 aromatic carbocycles. The smallest absolute Gasteiger partial charge is 0.348 e. The molecule has 2 heterocycles. The van der Waals surface area contributed by atoms with E-state index in [1.807, 2.05) is 11.0 Å². The van der Waals surface area contributed by atoms with Crippen LogP contribution in [0.25, 0.3) is 0 Å². The van der Waals surface area contributed by atoms with Crippen LogP contribution >= 0.6 is 11.3 Å². The first kappa shape index (κ1) is 24.2. The van der Waals surface area contributed by atoms with Gasteiger partial charge < -0.3 is 14.7 Å². The monoisotopic (exact) mass is 455 g/mol. The lowest BCUT2D eigenvalue weighted by molar-refractivity contribution is -0.117. The Hall–Kier alpha value is -2.44. The van der Waals surface area contributed by atoms with Crippen molar-refractivity contribution in [2.24, 2.45) is 0 Å². The Balaban J connectivity index is 1.56. The number of aryl methyl sites for hydroxylation is 1. The summed E-state index contributed by atoms with van der Waals surface area (Å²) in [5.41, 5.74) is 2.29. The number of anilines is 1. The minimum Gasteiger partial charge on any atom is -0.459 e. The van der Waals surface area contributed by atoms with Crippen LogP contribution in [0.5, 0.6) is 0 Å². The lowest BCUT2D eigenvalue weighted by Gasteiger charge is -2.23. The first-order chi connectivity index (χ1) is 15.6. The fraction of sp³-hybridized carbons (Fsp3) is 0.462. The number of carbonyl (C=O) groups excluding carboxylic acids is 2. The molecule has 0 unspecified atom stereocenters. The molecule has 1 saturated heterocycles. The molecule has 172 valence electrons. The SMILES string of the molecule is CCCCCCc1ccc(N2C(=O)CC[C@@H]2/C=C\Cc2ccc(C(=O)OCCO)s2)cc1. The summed E-state index contributed by atoms with van der Waals surface area (Å²) in [5, 5.41) is 8.76. The van der Waals surface area contributed by atoms with Gasteiger partial charge in [-0.3, -0.25) is 4.79 Å². The van der Waals surface area contributed by atoms with E-state index in [2.05, 4.69) is 43.3 Å². The average Bonchev–Trinajstić information content (AvgIpc) is 3.42. The standard InChI is InChI=1S/C26H33NO4S/c1-2-3-4-5-7-20-10-12-22(13-11-20)27-21(14-17-25(27)29)8-6-9-23-15-16-24(32-23)26(30)31-19-18-28/h6,8,10-13,15-16,21,28H,2-5,7,9,14,17-19H2,1H3/b8-6-/t21-/m0/s1. The summed E-state index contributed by atoms with van der Waals surface area (Å²) in [7, 11) is 0. The van der Waals surface area contributed by atoms with Gasteiger partial charge in [0.05, 0.1) is 12.6 Å². The summed E-state index contributed by atoms with van der Waals surface area (Å²) < 4.78 is 4.95. The number of esters is 1. The van der Waals surface area contributed by atoms with Gasteiger partial charge in [0.15, 0.2) is 0 Å². The number of hydrogen-bond donors (Lipinski definition) is 1. The normalized spacial score (nSPS) is 16.2. The predicted molar refractivity (Wildman–Crippen MR) is 129 cm³/mol. The number of amides is 1. The number of aliphatic hydroxyl groups excluding tert-OH is 1. The molecule has 0 aliphatic carbocycles. The van der Waals surface area contributed by atoms with Gasteiger partial charge in [-0.25, -0.2) is 4.79 Å². The van der Waals surface area contributed by atoms with Crippen LogP contribution in [0.3, 0.4) is 0 Å².